The van der Waals surface area contributed by atoms with Crippen molar-refractivity contribution >= 4 is 10.8 Å². The summed E-state index contributed by atoms with van der Waals surface area (Å²) in [5, 5.41) is 2.55. The Labute approximate surface area is 170 Å². The van der Waals surface area contributed by atoms with E-state index in [4.69, 9.17) is 4.74 Å². The van der Waals surface area contributed by atoms with Crippen molar-refractivity contribution in [2.45, 2.75) is 46.1 Å². The SMILES string of the molecule is CCN(CC)Cc1ccc2cc(OCCCCCc3ccccc3)ccc2c1. The Morgan fingerprint density at radius 2 is 1.46 bits per heavy atom. The summed E-state index contributed by atoms with van der Waals surface area (Å²) >= 11 is 0. The van der Waals surface area contributed by atoms with Crippen LogP contribution in [-0.2, 0) is 13.0 Å². The van der Waals surface area contributed by atoms with E-state index < -0.39 is 0 Å². The molecule has 0 radical (unpaired) electrons. The fraction of sp³-hybridized carbons (Fsp3) is 0.385. The number of benzene rings is 3. The van der Waals surface area contributed by atoms with E-state index in [-0.39, 0.29) is 0 Å². The molecule has 0 aliphatic heterocycles. The van der Waals surface area contributed by atoms with Gasteiger partial charge >= 0.3 is 0 Å². The third-order valence-electron chi connectivity index (χ3n) is 5.40. The molecule has 0 unspecified atom stereocenters. The monoisotopic (exact) mass is 375 g/mol. The van der Waals surface area contributed by atoms with Gasteiger partial charge in [-0.25, -0.2) is 0 Å². The number of aryl methyl sites for hydroxylation is 1. The van der Waals surface area contributed by atoms with E-state index in [1.54, 1.807) is 0 Å². The Morgan fingerprint density at radius 1 is 0.714 bits per heavy atom. The van der Waals surface area contributed by atoms with E-state index in [0.29, 0.717) is 0 Å². The lowest BCUT2D eigenvalue weighted by Gasteiger charge is -2.18. The Kier molecular flexibility index (Phi) is 7.93. The summed E-state index contributed by atoms with van der Waals surface area (Å²) < 4.78 is 5.99. The number of hydrogen-bond acceptors (Lipinski definition) is 2. The van der Waals surface area contributed by atoms with Gasteiger partial charge in [0.2, 0.25) is 0 Å². The topological polar surface area (TPSA) is 12.5 Å². The van der Waals surface area contributed by atoms with Crippen LogP contribution < -0.4 is 4.74 Å². The summed E-state index contributed by atoms with van der Waals surface area (Å²) in [6.45, 7) is 8.43. The lowest BCUT2D eigenvalue weighted by molar-refractivity contribution is 0.296. The second-order valence-corrected chi connectivity index (χ2v) is 7.45. The van der Waals surface area contributed by atoms with Crippen molar-refractivity contribution in [3.8, 4) is 5.75 Å². The molecule has 2 heteroatoms. The van der Waals surface area contributed by atoms with Crippen molar-refractivity contribution in [1.29, 1.82) is 0 Å². The van der Waals surface area contributed by atoms with Crippen LogP contribution in [-0.4, -0.2) is 24.6 Å². The van der Waals surface area contributed by atoms with Gasteiger partial charge in [-0.05, 0) is 78.9 Å². The van der Waals surface area contributed by atoms with Gasteiger partial charge < -0.3 is 4.74 Å². The molecule has 148 valence electrons. The molecule has 28 heavy (non-hydrogen) atoms. The highest BCUT2D eigenvalue weighted by atomic mass is 16.5. The van der Waals surface area contributed by atoms with Crippen molar-refractivity contribution in [3.63, 3.8) is 0 Å². The zero-order valence-electron chi connectivity index (χ0n) is 17.4. The van der Waals surface area contributed by atoms with Gasteiger partial charge in [-0.3, -0.25) is 4.90 Å². The molecule has 0 aromatic heterocycles. The molecule has 0 amide bonds. The number of ether oxygens (including phenoxy) is 1. The van der Waals surface area contributed by atoms with Gasteiger partial charge in [0.1, 0.15) is 5.75 Å². The summed E-state index contributed by atoms with van der Waals surface area (Å²) in [7, 11) is 0. The van der Waals surface area contributed by atoms with Gasteiger partial charge in [-0.2, -0.15) is 0 Å². The van der Waals surface area contributed by atoms with Gasteiger partial charge in [0.25, 0.3) is 0 Å². The van der Waals surface area contributed by atoms with Gasteiger partial charge in [0.15, 0.2) is 0 Å². The smallest absolute Gasteiger partial charge is 0.119 e. The number of unbranched alkanes of at least 4 members (excludes halogenated alkanes) is 2. The Balaban J connectivity index is 1.45. The van der Waals surface area contributed by atoms with E-state index in [1.807, 2.05) is 0 Å². The molecule has 0 spiro atoms. The summed E-state index contributed by atoms with van der Waals surface area (Å²) in [4.78, 5) is 2.44. The third kappa shape index (κ3) is 6.10. The van der Waals surface area contributed by atoms with Gasteiger partial charge in [-0.1, -0.05) is 62.4 Å². The molecule has 0 atom stereocenters. The number of rotatable bonds is 11. The molecule has 3 aromatic rings. The van der Waals surface area contributed by atoms with Crippen LogP contribution in [0.2, 0.25) is 0 Å². The minimum atomic E-state index is 0.792. The molecular weight excluding hydrogens is 342 g/mol. The highest BCUT2D eigenvalue weighted by Gasteiger charge is 2.04. The second kappa shape index (κ2) is 10.9. The van der Waals surface area contributed by atoms with Crippen LogP contribution in [0.4, 0.5) is 0 Å². The van der Waals surface area contributed by atoms with Crippen molar-refractivity contribution in [1.82, 2.24) is 4.90 Å². The lowest BCUT2D eigenvalue weighted by atomic mass is 10.1. The van der Waals surface area contributed by atoms with E-state index >= 15 is 0 Å². The van der Waals surface area contributed by atoms with Crippen LogP contribution in [0.5, 0.6) is 5.75 Å². The molecule has 0 N–H and O–H groups in total. The fourth-order valence-corrected chi connectivity index (χ4v) is 3.61. The maximum Gasteiger partial charge on any atom is 0.119 e. The maximum atomic E-state index is 5.99. The van der Waals surface area contributed by atoms with Gasteiger partial charge in [-0.15, -0.1) is 0 Å². The molecule has 0 aliphatic rings. The van der Waals surface area contributed by atoms with Crippen molar-refractivity contribution in [3.05, 3.63) is 77.9 Å². The first-order valence-electron chi connectivity index (χ1n) is 10.7. The summed E-state index contributed by atoms with van der Waals surface area (Å²) in [6, 6.07) is 24.0. The molecule has 0 saturated heterocycles. The molecule has 3 aromatic carbocycles. The molecular formula is C26H33NO. The molecule has 0 saturated carbocycles. The zero-order chi connectivity index (χ0) is 19.6. The standard InChI is InChI=1S/C26H33NO/c1-3-27(4-2)21-23-14-15-25-20-26(17-16-24(25)19-23)28-18-10-6-9-13-22-11-7-5-8-12-22/h5,7-8,11-12,14-17,19-20H,3-4,6,9-10,13,18,21H2,1-2H3. The molecule has 0 heterocycles. The molecule has 2 nitrogen and oxygen atoms in total. The molecule has 0 aliphatic carbocycles. The Bertz CT molecular complexity index is 839. The van der Waals surface area contributed by atoms with Crippen LogP contribution >= 0.6 is 0 Å². The molecule has 0 fully saturated rings. The minimum Gasteiger partial charge on any atom is -0.494 e. The van der Waals surface area contributed by atoms with Crippen LogP contribution in [0, 0.1) is 0 Å². The molecule has 3 rings (SSSR count). The Morgan fingerprint density at radius 3 is 2.25 bits per heavy atom. The largest absolute Gasteiger partial charge is 0.494 e. The van der Waals surface area contributed by atoms with E-state index in [2.05, 4.69) is 85.5 Å². The number of fused-ring (bicyclic) bond motifs is 1. The first-order valence-corrected chi connectivity index (χ1v) is 10.7. The van der Waals surface area contributed by atoms with Gasteiger partial charge in [0, 0.05) is 6.54 Å². The number of nitrogens with zero attached hydrogens (tertiary/aromatic N) is 1. The van der Waals surface area contributed by atoms with E-state index in [0.717, 1.165) is 44.8 Å². The fourth-order valence-electron chi connectivity index (χ4n) is 3.61. The van der Waals surface area contributed by atoms with Crippen LogP contribution in [0.3, 0.4) is 0 Å². The molecule has 0 bridgehead atoms. The third-order valence-corrected chi connectivity index (χ3v) is 5.40. The summed E-state index contributed by atoms with van der Waals surface area (Å²) in [6.07, 6.45) is 4.69. The lowest BCUT2D eigenvalue weighted by Crippen LogP contribution is -2.21. The highest BCUT2D eigenvalue weighted by molar-refractivity contribution is 5.84. The Hall–Kier alpha value is -2.32. The van der Waals surface area contributed by atoms with Crippen LogP contribution in [0.1, 0.15) is 44.2 Å². The van der Waals surface area contributed by atoms with Gasteiger partial charge in [0.05, 0.1) is 6.61 Å². The van der Waals surface area contributed by atoms with Crippen molar-refractivity contribution in [2.24, 2.45) is 0 Å². The first-order chi connectivity index (χ1) is 13.8. The summed E-state index contributed by atoms with van der Waals surface area (Å²) in [5.41, 5.74) is 2.81. The number of hydrogen-bond donors (Lipinski definition) is 0. The second-order valence-electron chi connectivity index (χ2n) is 7.45. The highest BCUT2D eigenvalue weighted by Crippen LogP contribution is 2.23. The van der Waals surface area contributed by atoms with E-state index in [1.165, 1.54) is 34.7 Å². The summed E-state index contributed by atoms with van der Waals surface area (Å²) in [5.74, 6) is 0.979. The van der Waals surface area contributed by atoms with Crippen LogP contribution in [0.15, 0.2) is 66.7 Å². The quantitative estimate of drug-likeness (QED) is 0.356. The van der Waals surface area contributed by atoms with Crippen molar-refractivity contribution < 1.29 is 4.74 Å². The average Bonchev–Trinajstić information content (AvgIpc) is 2.75. The predicted molar refractivity (Wildman–Crippen MR) is 120 cm³/mol. The zero-order valence-corrected chi connectivity index (χ0v) is 17.4. The maximum absolute atomic E-state index is 5.99. The van der Waals surface area contributed by atoms with Crippen molar-refractivity contribution in [2.75, 3.05) is 19.7 Å². The average molecular weight is 376 g/mol. The minimum absolute atomic E-state index is 0.792. The predicted octanol–water partition coefficient (Wildman–Crippen LogP) is 6.47. The normalized spacial score (nSPS) is 11.2. The van der Waals surface area contributed by atoms with Crippen LogP contribution in [0.25, 0.3) is 10.8 Å². The first kappa shape index (κ1) is 20.4. The van der Waals surface area contributed by atoms with E-state index in [9.17, 15) is 0 Å².